The number of hydrogen-bond donors (Lipinski definition) is 2. The molecule has 0 radical (unpaired) electrons. The van der Waals surface area contributed by atoms with Gasteiger partial charge in [-0.25, -0.2) is 0 Å². The van der Waals surface area contributed by atoms with Crippen molar-refractivity contribution in [1.82, 2.24) is 4.90 Å². The number of carbonyl (C=O) groups is 2. The van der Waals surface area contributed by atoms with Crippen LogP contribution in [-0.2, 0) is 19.1 Å². The van der Waals surface area contributed by atoms with E-state index < -0.39 is 10.9 Å². The van der Waals surface area contributed by atoms with Crippen LogP contribution in [-0.4, -0.2) is 62.3 Å². The smallest absolute Gasteiger partial charge is 0.306 e. The molecular formula is C51H95N3O6. The first-order valence-electron chi connectivity index (χ1n) is 25.7. The Morgan fingerprint density at radius 1 is 0.467 bits per heavy atom. The molecule has 60 heavy (non-hydrogen) atoms. The molecule has 350 valence electrons. The number of anilines is 2. The van der Waals surface area contributed by atoms with E-state index >= 15 is 0 Å². The Hall–Kier alpha value is -2.42. The van der Waals surface area contributed by atoms with Crippen LogP contribution in [0.3, 0.4) is 0 Å². The summed E-state index contributed by atoms with van der Waals surface area (Å²) >= 11 is 0. The van der Waals surface area contributed by atoms with E-state index in [1.54, 1.807) is 7.05 Å². The van der Waals surface area contributed by atoms with Crippen molar-refractivity contribution in [2.24, 2.45) is 0 Å². The Morgan fingerprint density at radius 3 is 1.28 bits per heavy atom. The summed E-state index contributed by atoms with van der Waals surface area (Å²) in [5, 5.41) is 6.02. The van der Waals surface area contributed by atoms with Crippen LogP contribution in [0.1, 0.15) is 246 Å². The van der Waals surface area contributed by atoms with E-state index in [9.17, 15) is 19.2 Å². The van der Waals surface area contributed by atoms with Gasteiger partial charge in [0.2, 0.25) is 0 Å². The van der Waals surface area contributed by atoms with Gasteiger partial charge in [0.1, 0.15) is 23.6 Å². The summed E-state index contributed by atoms with van der Waals surface area (Å²) in [4.78, 5) is 51.6. The van der Waals surface area contributed by atoms with Crippen molar-refractivity contribution >= 4 is 23.3 Å². The number of unbranched alkanes of at least 4 members (excludes halogenated alkanes) is 22. The maximum Gasteiger partial charge on any atom is 0.306 e. The Bertz CT molecular complexity index is 1230. The van der Waals surface area contributed by atoms with E-state index in [0.717, 1.165) is 135 Å². The summed E-state index contributed by atoms with van der Waals surface area (Å²) in [5.74, 6) is -0.0391. The molecule has 0 spiro atoms. The molecule has 0 saturated heterocycles. The van der Waals surface area contributed by atoms with Gasteiger partial charge in [-0.05, 0) is 96.7 Å². The standard InChI is InChI=1S/C51H95N3O6/c1-6-10-13-16-21-27-35-44(9-4)59-46(55)38-30-23-18-25-32-41-54(43-34-40-53-49-48(52-5)50(57)51(49)58)42-33-26-19-24-31-39-47(56)60-45(36-28-20-15-12-8-3)37-29-22-17-14-11-7-2/h44-45,52-53H,6-43H2,1-5H3. The van der Waals surface area contributed by atoms with E-state index in [4.69, 9.17) is 9.47 Å². The fourth-order valence-electron chi connectivity index (χ4n) is 8.30. The van der Waals surface area contributed by atoms with Gasteiger partial charge < -0.3 is 25.0 Å². The Balaban J connectivity index is 2.40. The summed E-state index contributed by atoms with van der Waals surface area (Å²) in [6.45, 7) is 12.5. The molecule has 0 aliphatic heterocycles. The lowest BCUT2D eigenvalue weighted by Gasteiger charge is -2.23. The lowest BCUT2D eigenvalue weighted by molar-refractivity contribution is -0.150. The van der Waals surface area contributed by atoms with Crippen molar-refractivity contribution in [1.29, 1.82) is 0 Å². The van der Waals surface area contributed by atoms with Crippen molar-refractivity contribution in [3.05, 3.63) is 20.4 Å². The van der Waals surface area contributed by atoms with Gasteiger partial charge in [0.15, 0.2) is 0 Å². The third kappa shape index (κ3) is 29.0. The topological polar surface area (TPSA) is 114 Å². The van der Waals surface area contributed by atoms with Crippen LogP contribution in [0.2, 0.25) is 0 Å². The van der Waals surface area contributed by atoms with Crippen LogP contribution in [0.4, 0.5) is 11.4 Å². The average molecular weight is 846 g/mol. The van der Waals surface area contributed by atoms with Crippen molar-refractivity contribution in [3.8, 4) is 0 Å². The molecule has 9 heteroatoms. The summed E-state index contributed by atoms with van der Waals surface area (Å²) in [7, 11) is 1.67. The number of nitrogens with one attached hydrogen (secondary N) is 2. The number of carbonyl (C=O) groups excluding carboxylic acids is 2. The second-order valence-electron chi connectivity index (χ2n) is 17.8. The monoisotopic (exact) mass is 846 g/mol. The molecule has 9 nitrogen and oxygen atoms in total. The summed E-state index contributed by atoms with van der Waals surface area (Å²) < 4.78 is 11.9. The minimum Gasteiger partial charge on any atom is -0.462 e. The van der Waals surface area contributed by atoms with Crippen molar-refractivity contribution in [2.45, 2.75) is 258 Å². The van der Waals surface area contributed by atoms with Crippen LogP contribution in [0, 0.1) is 0 Å². The Morgan fingerprint density at radius 2 is 0.833 bits per heavy atom. The third-order valence-electron chi connectivity index (χ3n) is 12.3. The molecule has 2 atom stereocenters. The van der Waals surface area contributed by atoms with Gasteiger partial charge in [-0.1, -0.05) is 156 Å². The van der Waals surface area contributed by atoms with Crippen LogP contribution >= 0.6 is 0 Å². The number of ether oxygens (including phenoxy) is 2. The highest BCUT2D eigenvalue weighted by Crippen LogP contribution is 2.19. The molecule has 0 fully saturated rings. The van der Waals surface area contributed by atoms with E-state index in [2.05, 4.69) is 43.2 Å². The zero-order valence-electron chi connectivity index (χ0n) is 39.9. The Kier molecular flexibility index (Phi) is 36.5. The van der Waals surface area contributed by atoms with Gasteiger partial charge in [-0.2, -0.15) is 0 Å². The van der Waals surface area contributed by atoms with Crippen LogP contribution in [0.25, 0.3) is 0 Å². The first-order chi connectivity index (χ1) is 29.3. The zero-order chi connectivity index (χ0) is 43.9. The number of rotatable bonds is 45. The molecular weight excluding hydrogens is 751 g/mol. The predicted molar refractivity (Wildman–Crippen MR) is 255 cm³/mol. The van der Waals surface area contributed by atoms with E-state index in [-0.39, 0.29) is 24.1 Å². The molecule has 2 unspecified atom stereocenters. The molecule has 0 aromatic heterocycles. The zero-order valence-corrected chi connectivity index (χ0v) is 39.9. The normalized spacial score (nSPS) is 12.6. The average Bonchev–Trinajstić information content (AvgIpc) is 3.24. The highest BCUT2D eigenvalue weighted by atomic mass is 16.5. The van der Waals surface area contributed by atoms with Crippen molar-refractivity contribution < 1.29 is 19.1 Å². The first-order valence-corrected chi connectivity index (χ1v) is 25.7. The molecule has 0 aliphatic carbocycles. The molecule has 1 aromatic carbocycles. The molecule has 1 rings (SSSR count). The fraction of sp³-hybridized carbons (Fsp3) is 0.882. The van der Waals surface area contributed by atoms with E-state index in [1.165, 1.54) is 89.9 Å². The molecule has 0 heterocycles. The summed E-state index contributed by atoms with van der Waals surface area (Å²) in [5.41, 5.74) is -0.0603. The minimum absolute atomic E-state index is 0.00578. The highest BCUT2D eigenvalue weighted by Gasteiger charge is 2.19. The summed E-state index contributed by atoms with van der Waals surface area (Å²) in [6, 6.07) is 0. The van der Waals surface area contributed by atoms with E-state index in [0.29, 0.717) is 30.8 Å². The first kappa shape index (κ1) is 55.6. The number of hydrogen-bond acceptors (Lipinski definition) is 9. The molecule has 0 bridgehead atoms. The van der Waals surface area contributed by atoms with E-state index in [1.807, 2.05) is 0 Å². The van der Waals surface area contributed by atoms with Crippen LogP contribution < -0.4 is 21.5 Å². The number of nitrogens with zero attached hydrogens (tertiary/aromatic N) is 1. The van der Waals surface area contributed by atoms with Gasteiger partial charge in [0.05, 0.1) is 0 Å². The highest BCUT2D eigenvalue weighted by molar-refractivity contribution is 5.73. The van der Waals surface area contributed by atoms with Crippen LogP contribution in [0.15, 0.2) is 9.59 Å². The van der Waals surface area contributed by atoms with Gasteiger partial charge in [-0.3, -0.25) is 19.2 Å². The molecule has 0 saturated carbocycles. The van der Waals surface area contributed by atoms with Crippen LogP contribution in [0.5, 0.6) is 0 Å². The molecule has 1 aromatic rings. The maximum atomic E-state index is 12.8. The SMILES string of the molecule is CCCCCCCCC(CC)OC(=O)CCCCCCCN(CCCCCCCC(=O)OC(CCCCCCC)CCCCCCCC)CCCNc1c(NC)c(=O)c1=O. The van der Waals surface area contributed by atoms with Gasteiger partial charge >= 0.3 is 11.9 Å². The summed E-state index contributed by atoms with van der Waals surface area (Å²) in [6.07, 6.45) is 38.1. The number of esters is 2. The maximum absolute atomic E-state index is 12.8. The van der Waals surface area contributed by atoms with Crippen molar-refractivity contribution in [2.75, 3.05) is 43.9 Å². The van der Waals surface area contributed by atoms with Gasteiger partial charge in [0, 0.05) is 26.4 Å². The largest absolute Gasteiger partial charge is 0.462 e. The van der Waals surface area contributed by atoms with Gasteiger partial charge in [-0.15, -0.1) is 0 Å². The lowest BCUT2D eigenvalue weighted by Crippen LogP contribution is -2.37. The molecule has 2 N–H and O–H groups in total. The predicted octanol–water partition coefficient (Wildman–Crippen LogP) is 13.2. The fourth-order valence-corrected chi connectivity index (χ4v) is 8.30. The van der Waals surface area contributed by atoms with Crippen molar-refractivity contribution in [3.63, 3.8) is 0 Å². The molecule has 0 aliphatic rings. The quantitative estimate of drug-likeness (QED) is 0.0376. The lowest BCUT2D eigenvalue weighted by atomic mass is 10.0. The third-order valence-corrected chi connectivity index (χ3v) is 12.3. The second kappa shape index (κ2) is 39.4. The second-order valence-corrected chi connectivity index (χ2v) is 17.8. The molecule has 0 amide bonds. The Labute approximate surface area is 368 Å². The van der Waals surface area contributed by atoms with Gasteiger partial charge in [0.25, 0.3) is 10.9 Å². The minimum atomic E-state index is -0.440.